The standard InChI is InChI=1S/C18H20N2O5/c1-25-18(24)13-8-4-5-9-14(13)19-15(21)10-20-16(22)11-6-2-3-7-12(11)17(20)23/h4-5,8-9,11-12H,2-3,6-7,10H2,1H3,(H,19,21)/t11-,12+. The summed E-state index contributed by atoms with van der Waals surface area (Å²) >= 11 is 0. The highest BCUT2D eigenvalue weighted by molar-refractivity contribution is 6.09. The summed E-state index contributed by atoms with van der Waals surface area (Å²) in [6.45, 7) is -0.333. The third kappa shape index (κ3) is 3.26. The number of carbonyl (C=O) groups is 4. The molecule has 7 heteroatoms. The van der Waals surface area contributed by atoms with Crippen LogP contribution in [0.5, 0.6) is 0 Å². The van der Waals surface area contributed by atoms with Gasteiger partial charge in [0.25, 0.3) is 0 Å². The van der Waals surface area contributed by atoms with Crippen molar-refractivity contribution in [3.05, 3.63) is 29.8 Å². The molecule has 3 amide bonds. The molecule has 1 aromatic carbocycles. The molecule has 132 valence electrons. The van der Waals surface area contributed by atoms with Crippen molar-refractivity contribution >= 4 is 29.4 Å². The zero-order valence-corrected chi connectivity index (χ0v) is 14.0. The summed E-state index contributed by atoms with van der Waals surface area (Å²) in [5.41, 5.74) is 0.502. The summed E-state index contributed by atoms with van der Waals surface area (Å²) in [5, 5.41) is 2.59. The van der Waals surface area contributed by atoms with Crippen LogP contribution in [0.1, 0.15) is 36.0 Å². The third-order valence-corrected chi connectivity index (χ3v) is 4.84. The SMILES string of the molecule is COC(=O)c1ccccc1NC(=O)CN1C(=O)[C@H]2CCCC[C@H]2C1=O. The number of fused-ring (bicyclic) bond motifs is 1. The Morgan fingerprint density at radius 2 is 1.72 bits per heavy atom. The minimum absolute atomic E-state index is 0.214. The largest absolute Gasteiger partial charge is 0.465 e. The topological polar surface area (TPSA) is 92.8 Å². The van der Waals surface area contributed by atoms with Crippen molar-refractivity contribution in [1.82, 2.24) is 4.90 Å². The molecule has 0 aromatic heterocycles. The molecule has 1 heterocycles. The Balaban J connectivity index is 1.70. The summed E-state index contributed by atoms with van der Waals surface area (Å²) in [6.07, 6.45) is 3.29. The number of hydrogen-bond acceptors (Lipinski definition) is 5. The number of rotatable bonds is 4. The Morgan fingerprint density at radius 3 is 2.32 bits per heavy atom. The highest BCUT2D eigenvalue weighted by Crippen LogP contribution is 2.37. The van der Waals surface area contributed by atoms with E-state index in [0.717, 1.165) is 17.7 Å². The molecule has 7 nitrogen and oxygen atoms in total. The van der Waals surface area contributed by atoms with E-state index >= 15 is 0 Å². The van der Waals surface area contributed by atoms with Crippen molar-refractivity contribution in [2.45, 2.75) is 25.7 Å². The third-order valence-electron chi connectivity index (χ3n) is 4.84. The van der Waals surface area contributed by atoms with Gasteiger partial charge in [-0.1, -0.05) is 25.0 Å². The number of nitrogens with one attached hydrogen (secondary N) is 1. The van der Waals surface area contributed by atoms with Gasteiger partial charge < -0.3 is 10.1 Å². The van der Waals surface area contributed by atoms with Crippen LogP contribution in [-0.2, 0) is 19.1 Å². The number of ether oxygens (including phenoxy) is 1. The smallest absolute Gasteiger partial charge is 0.339 e. The zero-order chi connectivity index (χ0) is 18.0. The molecule has 1 saturated carbocycles. The first-order valence-corrected chi connectivity index (χ1v) is 8.35. The van der Waals surface area contributed by atoms with Crippen molar-refractivity contribution in [2.75, 3.05) is 19.0 Å². The molecule has 2 atom stereocenters. The number of amides is 3. The Bertz CT molecular complexity index is 706. The lowest BCUT2D eigenvalue weighted by molar-refractivity contribution is -0.142. The Hall–Kier alpha value is -2.70. The number of imide groups is 1. The first-order valence-electron chi connectivity index (χ1n) is 8.35. The predicted octanol–water partition coefficient (Wildman–Crippen LogP) is 1.59. The lowest BCUT2D eigenvalue weighted by Crippen LogP contribution is -2.38. The second kappa shape index (κ2) is 7.04. The summed E-state index contributed by atoms with van der Waals surface area (Å²) < 4.78 is 4.68. The lowest BCUT2D eigenvalue weighted by Gasteiger charge is -2.19. The van der Waals surface area contributed by atoms with Crippen LogP contribution in [0.15, 0.2) is 24.3 Å². The van der Waals surface area contributed by atoms with Crippen molar-refractivity contribution in [3.8, 4) is 0 Å². The number of anilines is 1. The molecule has 0 radical (unpaired) electrons. The average molecular weight is 344 g/mol. The van der Waals surface area contributed by atoms with Crippen LogP contribution >= 0.6 is 0 Å². The Morgan fingerprint density at radius 1 is 1.12 bits per heavy atom. The van der Waals surface area contributed by atoms with Crippen LogP contribution in [0.4, 0.5) is 5.69 Å². The molecule has 25 heavy (non-hydrogen) atoms. The quantitative estimate of drug-likeness (QED) is 0.661. The van der Waals surface area contributed by atoms with E-state index in [1.165, 1.54) is 13.2 Å². The van der Waals surface area contributed by atoms with Crippen LogP contribution < -0.4 is 5.32 Å². The molecule has 3 rings (SSSR count). The van der Waals surface area contributed by atoms with E-state index in [4.69, 9.17) is 0 Å². The molecule has 1 aliphatic carbocycles. The fourth-order valence-electron chi connectivity index (χ4n) is 3.60. The average Bonchev–Trinajstić information content (AvgIpc) is 2.87. The van der Waals surface area contributed by atoms with Gasteiger partial charge in [0.2, 0.25) is 17.7 Å². The van der Waals surface area contributed by atoms with E-state index in [1.807, 2.05) is 0 Å². The van der Waals surface area contributed by atoms with E-state index in [9.17, 15) is 19.2 Å². The Labute approximate surface area is 145 Å². The number of para-hydroxylation sites is 1. The molecule has 2 aliphatic rings. The van der Waals surface area contributed by atoms with Crippen molar-refractivity contribution in [1.29, 1.82) is 0 Å². The lowest BCUT2D eigenvalue weighted by atomic mass is 9.81. The van der Waals surface area contributed by atoms with Crippen molar-refractivity contribution in [2.24, 2.45) is 11.8 Å². The minimum Gasteiger partial charge on any atom is -0.465 e. The van der Waals surface area contributed by atoms with E-state index in [-0.39, 0.29) is 41.4 Å². The first kappa shape index (κ1) is 17.1. The van der Waals surface area contributed by atoms with E-state index in [1.54, 1.807) is 18.2 Å². The molecule has 1 saturated heterocycles. The second-order valence-corrected chi connectivity index (χ2v) is 6.35. The number of benzene rings is 1. The normalized spacial score (nSPS) is 22.5. The number of esters is 1. The maximum Gasteiger partial charge on any atom is 0.339 e. The second-order valence-electron chi connectivity index (χ2n) is 6.35. The van der Waals surface area contributed by atoms with Crippen LogP contribution in [0, 0.1) is 11.8 Å². The van der Waals surface area contributed by atoms with Crippen LogP contribution in [0.2, 0.25) is 0 Å². The highest BCUT2D eigenvalue weighted by Gasteiger charge is 2.48. The number of methoxy groups -OCH3 is 1. The first-order chi connectivity index (χ1) is 12.0. The zero-order valence-electron chi connectivity index (χ0n) is 14.0. The fraction of sp³-hybridized carbons (Fsp3) is 0.444. The van der Waals surface area contributed by atoms with Gasteiger partial charge in [-0.25, -0.2) is 4.79 Å². The highest BCUT2D eigenvalue weighted by atomic mass is 16.5. The number of hydrogen-bond donors (Lipinski definition) is 1. The molecule has 1 aliphatic heterocycles. The minimum atomic E-state index is -0.574. The molecular formula is C18H20N2O5. The van der Waals surface area contributed by atoms with Gasteiger partial charge in [-0.05, 0) is 25.0 Å². The van der Waals surface area contributed by atoms with E-state index in [0.29, 0.717) is 12.8 Å². The number of likely N-dealkylation sites (tertiary alicyclic amines) is 1. The molecule has 1 N–H and O–H groups in total. The van der Waals surface area contributed by atoms with Gasteiger partial charge in [0.15, 0.2) is 0 Å². The van der Waals surface area contributed by atoms with Gasteiger partial charge in [-0.2, -0.15) is 0 Å². The molecule has 0 unspecified atom stereocenters. The molecule has 1 aromatic rings. The predicted molar refractivity (Wildman–Crippen MR) is 88.6 cm³/mol. The van der Waals surface area contributed by atoms with Crippen molar-refractivity contribution in [3.63, 3.8) is 0 Å². The summed E-state index contributed by atoms with van der Waals surface area (Å²) in [4.78, 5) is 49.9. The van der Waals surface area contributed by atoms with Crippen LogP contribution in [-0.4, -0.2) is 42.2 Å². The van der Waals surface area contributed by atoms with Crippen molar-refractivity contribution < 1.29 is 23.9 Å². The summed E-state index contributed by atoms with van der Waals surface area (Å²) in [7, 11) is 1.25. The van der Waals surface area contributed by atoms with Crippen LogP contribution in [0.3, 0.4) is 0 Å². The van der Waals surface area contributed by atoms with Crippen LogP contribution in [0.25, 0.3) is 0 Å². The fourth-order valence-corrected chi connectivity index (χ4v) is 3.60. The number of carbonyl (C=O) groups excluding carboxylic acids is 4. The number of nitrogens with zero attached hydrogens (tertiary/aromatic N) is 1. The Kier molecular flexibility index (Phi) is 4.83. The van der Waals surface area contributed by atoms with Gasteiger partial charge in [0, 0.05) is 0 Å². The molecular weight excluding hydrogens is 324 g/mol. The molecule has 0 bridgehead atoms. The van der Waals surface area contributed by atoms with Gasteiger partial charge >= 0.3 is 5.97 Å². The maximum absolute atomic E-state index is 12.4. The van der Waals surface area contributed by atoms with Gasteiger partial charge in [-0.3, -0.25) is 19.3 Å². The molecule has 2 fully saturated rings. The monoisotopic (exact) mass is 344 g/mol. The van der Waals surface area contributed by atoms with Gasteiger partial charge in [0.1, 0.15) is 6.54 Å². The summed E-state index contributed by atoms with van der Waals surface area (Å²) in [6, 6.07) is 6.42. The van der Waals surface area contributed by atoms with E-state index < -0.39 is 11.9 Å². The van der Waals surface area contributed by atoms with Gasteiger partial charge in [0.05, 0.1) is 30.2 Å². The molecule has 0 spiro atoms. The summed E-state index contributed by atoms with van der Waals surface area (Å²) in [5.74, 6) is -2.17. The van der Waals surface area contributed by atoms with E-state index in [2.05, 4.69) is 10.1 Å². The van der Waals surface area contributed by atoms with Gasteiger partial charge in [-0.15, -0.1) is 0 Å². The maximum atomic E-state index is 12.4.